The number of aryl methyl sites for hydroxylation is 1. The zero-order valence-electron chi connectivity index (χ0n) is 13.8. The van der Waals surface area contributed by atoms with E-state index in [1.54, 1.807) is 11.1 Å². The highest BCUT2D eigenvalue weighted by Gasteiger charge is 2.28. The molecule has 2 aliphatic heterocycles. The topological polar surface area (TPSA) is 9.72 Å². The first kappa shape index (κ1) is 15.0. The van der Waals surface area contributed by atoms with Gasteiger partial charge in [0.25, 0.3) is 0 Å². The van der Waals surface area contributed by atoms with E-state index in [0.29, 0.717) is 0 Å². The Hall–Kier alpha value is -0.900. The van der Waals surface area contributed by atoms with Crippen LogP contribution < -0.4 is 0 Å². The van der Waals surface area contributed by atoms with Gasteiger partial charge in [-0.2, -0.15) is 0 Å². The van der Waals surface area contributed by atoms with Crippen LogP contribution in [0.15, 0.2) is 18.2 Å². The number of fused-ring (bicyclic) bond motifs is 1. The molecule has 1 fully saturated rings. The van der Waals surface area contributed by atoms with Gasteiger partial charge in [0, 0.05) is 32.2 Å². The van der Waals surface area contributed by atoms with Crippen molar-refractivity contribution in [1.29, 1.82) is 0 Å². The lowest BCUT2D eigenvalue weighted by Gasteiger charge is -2.37. The smallest absolute Gasteiger partial charge is 0.0243 e. The van der Waals surface area contributed by atoms with Gasteiger partial charge in [-0.1, -0.05) is 23.8 Å². The summed E-state index contributed by atoms with van der Waals surface area (Å²) in [6.07, 6.45) is 2.67. The van der Waals surface area contributed by atoms with Gasteiger partial charge in [0.15, 0.2) is 0 Å². The van der Waals surface area contributed by atoms with E-state index >= 15 is 0 Å². The van der Waals surface area contributed by atoms with E-state index in [2.05, 4.69) is 53.9 Å². The molecule has 1 saturated heterocycles. The number of piperidine rings is 1. The molecule has 0 bridgehead atoms. The SMILES string of the molecule is Cc1ccc2c(c1)CN(C1CCN(CCN(C)C)CC1)C2. The molecule has 0 unspecified atom stereocenters. The molecule has 0 radical (unpaired) electrons. The minimum atomic E-state index is 0.785. The Morgan fingerprint density at radius 3 is 2.52 bits per heavy atom. The van der Waals surface area contributed by atoms with Crippen LogP contribution in [0, 0.1) is 6.92 Å². The predicted molar refractivity (Wildman–Crippen MR) is 88.4 cm³/mol. The van der Waals surface area contributed by atoms with Crippen LogP contribution in [-0.4, -0.2) is 61.0 Å². The minimum Gasteiger partial charge on any atom is -0.308 e. The molecule has 0 N–H and O–H groups in total. The minimum absolute atomic E-state index is 0.785. The number of rotatable bonds is 4. The summed E-state index contributed by atoms with van der Waals surface area (Å²) in [6, 6.07) is 7.75. The zero-order valence-corrected chi connectivity index (χ0v) is 13.8. The Labute approximate surface area is 129 Å². The largest absolute Gasteiger partial charge is 0.308 e. The molecular weight excluding hydrogens is 258 g/mol. The van der Waals surface area contributed by atoms with E-state index in [9.17, 15) is 0 Å². The van der Waals surface area contributed by atoms with Crippen molar-refractivity contribution < 1.29 is 0 Å². The number of hydrogen-bond donors (Lipinski definition) is 0. The molecule has 0 atom stereocenters. The van der Waals surface area contributed by atoms with Crippen molar-refractivity contribution in [2.45, 2.75) is 38.9 Å². The molecule has 2 aliphatic rings. The molecule has 3 heteroatoms. The Kier molecular flexibility index (Phi) is 4.63. The maximum atomic E-state index is 2.70. The van der Waals surface area contributed by atoms with Crippen LogP contribution in [0.5, 0.6) is 0 Å². The Bertz CT molecular complexity index is 475. The maximum Gasteiger partial charge on any atom is 0.0243 e. The molecular formula is C18H29N3. The second-order valence-corrected chi connectivity index (χ2v) is 7.05. The van der Waals surface area contributed by atoms with Gasteiger partial charge in [-0.25, -0.2) is 0 Å². The van der Waals surface area contributed by atoms with E-state index in [4.69, 9.17) is 0 Å². The molecule has 0 aromatic heterocycles. The normalized spacial score (nSPS) is 21.1. The van der Waals surface area contributed by atoms with Crippen LogP contribution in [0.3, 0.4) is 0 Å². The third kappa shape index (κ3) is 3.65. The average molecular weight is 287 g/mol. The average Bonchev–Trinajstić information content (AvgIpc) is 2.88. The fraction of sp³-hybridized carbons (Fsp3) is 0.667. The molecule has 116 valence electrons. The summed E-state index contributed by atoms with van der Waals surface area (Å²) in [5.74, 6) is 0. The number of nitrogens with zero attached hydrogens (tertiary/aromatic N) is 3. The summed E-state index contributed by atoms with van der Waals surface area (Å²) in [5.41, 5.74) is 4.51. The van der Waals surface area contributed by atoms with Gasteiger partial charge in [-0.05, 0) is 58.1 Å². The van der Waals surface area contributed by atoms with Crippen molar-refractivity contribution in [3.63, 3.8) is 0 Å². The fourth-order valence-electron chi connectivity index (χ4n) is 3.66. The summed E-state index contributed by atoms with van der Waals surface area (Å²) in [6.45, 7) is 9.47. The first-order valence-electron chi connectivity index (χ1n) is 8.31. The van der Waals surface area contributed by atoms with Gasteiger partial charge in [0.05, 0.1) is 0 Å². The highest BCUT2D eigenvalue weighted by Crippen LogP contribution is 2.28. The van der Waals surface area contributed by atoms with Crippen LogP contribution in [0.25, 0.3) is 0 Å². The zero-order chi connectivity index (χ0) is 14.8. The molecule has 0 saturated carbocycles. The number of benzene rings is 1. The van der Waals surface area contributed by atoms with Crippen molar-refractivity contribution in [2.24, 2.45) is 0 Å². The summed E-state index contributed by atoms with van der Waals surface area (Å²) >= 11 is 0. The van der Waals surface area contributed by atoms with Gasteiger partial charge >= 0.3 is 0 Å². The number of likely N-dealkylation sites (N-methyl/N-ethyl adjacent to an activating group) is 1. The quantitative estimate of drug-likeness (QED) is 0.841. The molecule has 2 heterocycles. The summed E-state index contributed by atoms with van der Waals surface area (Å²) in [4.78, 5) is 7.61. The fourth-order valence-corrected chi connectivity index (χ4v) is 3.66. The number of hydrogen-bond acceptors (Lipinski definition) is 3. The van der Waals surface area contributed by atoms with E-state index in [1.807, 2.05) is 0 Å². The highest BCUT2D eigenvalue weighted by molar-refractivity contribution is 5.34. The van der Waals surface area contributed by atoms with Gasteiger partial charge in [-0.15, -0.1) is 0 Å². The van der Waals surface area contributed by atoms with Crippen molar-refractivity contribution in [1.82, 2.24) is 14.7 Å². The molecule has 1 aromatic rings. The summed E-state index contributed by atoms with van der Waals surface area (Å²) < 4.78 is 0. The predicted octanol–water partition coefficient (Wildman–Crippen LogP) is 2.34. The van der Waals surface area contributed by atoms with Gasteiger partial charge in [0.2, 0.25) is 0 Å². The standard InChI is InChI=1S/C18H29N3/c1-15-4-5-16-13-21(14-17(16)12-15)18-6-8-20(9-7-18)11-10-19(2)3/h4-5,12,18H,6-11,13-14H2,1-3H3. The van der Waals surface area contributed by atoms with Gasteiger partial charge < -0.3 is 9.80 Å². The lowest BCUT2D eigenvalue weighted by molar-refractivity contribution is 0.103. The van der Waals surface area contributed by atoms with Crippen molar-refractivity contribution in [3.8, 4) is 0 Å². The summed E-state index contributed by atoms with van der Waals surface area (Å²) in [5, 5.41) is 0. The van der Waals surface area contributed by atoms with Crippen LogP contribution in [0.1, 0.15) is 29.5 Å². The molecule has 0 spiro atoms. The Balaban J connectivity index is 1.50. The maximum absolute atomic E-state index is 2.70. The highest BCUT2D eigenvalue weighted by atomic mass is 15.2. The van der Waals surface area contributed by atoms with Crippen LogP contribution in [0.4, 0.5) is 0 Å². The third-order valence-corrected chi connectivity index (χ3v) is 5.05. The van der Waals surface area contributed by atoms with E-state index in [1.165, 1.54) is 51.1 Å². The van der Waals surface area contributed by atoms with E-state index in [-0.39, 0.29) is 0 Å². The lowest BCUT2D eigenvalue weighted by Crippen LogP contribution is -2.44. The van der Waals surface area contributed by atoms with E-state index < -0.39 is 0 Å². The lowest BCUT2D eigenvalue weighted by atomic mass is 10.0. The molecule has 0 amide bonds. The monoisotopic (exact) mass is 287 g/mol. The first-order valence-corrected chi connectivity index (χ1v) is 8.31. The molecule has 21 heavy (non-hydrogen) atoms. The molecule has 3 rings (SSSR count). The molecule has 1 aromatic carbocycles. The van der Waals surface area contributed by atoms with Crippen LogP contribution in [-0.2, 0) is 13.1 Å². The summed E-state index contributed by atoms with van der Waals surface area (Å²) in [7, 11) is 4.33. The Morgan fingerprint density at radius 2 is 1.81 bits per heavy atom. The molecule has 0 aliphatic carbocycles. The Morgan fingerprint density at radius 1 is 1.10 bits per heavy atom. The van der Waals surface area contributed by atoms with Crippen LogP contribution in [0.2, 0.25) is 0 Å². The first-order chi connectivity index (χ1) is 10.1. The second-order valence-electron chi connectivity index (χ2n) is 7.05. The third-order valence-electron chi connectivity index (χ3n) is 5.05. The van der Waals surface area contributed by atoms with E-state index in [0.717, 1.165) is 12.6 Å². The van der Waals surface area contributed by atoms with Crippen molar-refractivity contribution in [2.75, 3.05) is 40.3 Å². The van der Waals surface area contributed by atoms with Gasteiger partial charge in [0.1, 0.15) is 0 Å². The van der Waals surface area contributed by atoms with Crippen LogP contribution >= 0.6 is 0 Å². The van der Waals surface area contributed by atoms with Gasteiger partial charge in [-0.3, -0.25) is 4.90 Å². The van der Waals surface area contributed by atoms with Crippen molar-refractivity contribution >= 4 is 0 Å². The molecule has 3 nitrogen and oxygen atoms in total. The second kappa shape index (κ2) is 6.47. The van der Waals surface area contributed by atoms with Crippen molar-refractivity contribution in [3.05, 3.63) is 34.9 Å². The number of likely N-dealkylation sites (tertiary alicyclic amines) is 1.